The fraction of sp³-hybridized carbons (Fsp3) is 0.462. The summed E-state index contributed by atoms with van der Waals surface area (Å²) in [4.78, 5) is 28.0. The van der Waals surface area contributed by atoms with Crippen LogP contribution in [-0.4, -0.2) is 72.8 Å². The third-order valence-electron chi connectivity index (χ3n) is 6.37. The second-order valence-corrected chi connectivity index (χ2v) is 9.31. The first-order valence-electron chi connectivity index (χ1n) is 12.0. The molecule has 37 heavy (non-hydrogen) atoms. The molecule has 0 bridgehead atoms. The Kier molecular flexibility index (Phi) is 11.3. The van der Waals surface area contributed by atoms with E-state index in [1.54, 1.807) is 17.0 Å². The van der Waals surface area contributed by atoms with E-state index in [1.165, 1.54) is 11.1 Å². The molecule has 2 amide bonds. The maximum atomic E-state index is 13.2. The van der Waals surface area contributed by atoms with Crippen LogP contribution in [0.5, 0.6) is 11.5 Å². The molecule has 204 valence electrons. The van der Waals surface area contributed by atoms with E-state index in [1.807, 2.05) is 36.2 Å². The normalized spacial score (nSPS) is 13.4. The Bertz CT molecular complexity index is 1060. The van der Waals surface area contributed by atoms with Gasteiger partial charge in [-0.3, -0.25) is 14.6 Å². The van der Waals surface area contributed by atoms with E-state index in [0.29, 0.717) is 43.7 Å². The van der Waals surface area contributed by atoms with Gasteiger partial charge in [0.25, 0.3) is 5.91 Å². The molecule has 0 fully saturated rings. The minimum atomic E-state index is -0.140. The zero-order valence-electron chi connectivity index (χ0n) is 21.8. The molecule has 2 aliphatic rings. The average Bonchev–Trinajstić information content (AvgIpc) is 3.47. The molecule has 2 N–H and O–H groups in total. The lowest BCUT2D eigenvalue weighted by Gasteiger charge is -2.31. The molecule has 9 nitrogen and oxygen atoms in total. The smallest absolute Gasteiger partial charge is 0.256 e. The first-order valence-corrected chi connectivity index (χ1v) is 12.0. The van der Waals surface area contributed by atoms with Crippen LogP contribution in [0.3, 0.4) is 0 Å². The lowest BCUT2D eigenvalue weighted by atomic mass is 10.1. The maximum Gasteiger partial charge on any atom is 0.256 e. The van der Waals surface area contributed by atoms with Crippen LogP contribution in [-0.2, 0) is 22.7 Å². The van der Waals surface area contributed by atoms with Gasteiger partial charge in [-0.15, -0.1) is 24.8 Å². The summed E-state index contributed by atoms with van der Waals surface area (Å²) in [6.45, 7) is 8.78. The molecule has 0 saturated carbocycles. The Labute approximate surface area is 231 Å². The number of anilines is 1. The summed E-state index contributed by atoms with van der Waals surface area (Å²) in [6.07, 6.45) is 0. The summed E-state index contributed by atoms with van der Waals surface area (Å²) in [7, 11) is 1.78. The van der Waals surface area contributed by atoms with E-state index in [-0.39, 0.29) is 56.5 Å². The molecule has 2 heterocycles. The van der Waals surface area contributed by atoms with Gasteiger partial charge in [0.2, 0.25) is 12.7 Å². The van der Waals surface area contributed by atoms with E-state index >= 15 is 0 Å². The van der Waals surface area contributed by atoms with E-state index in [0.717, 1.165) is 11.3 Å². The first kappa shape index (κ1) is 30.5. The molecule has 2 aliphatic heterocycles. The highest BCUT2D eigenvalue weighted by atomic mass is 35.5. The number of halogens is 2. The number of fused-ring (bicyclic) bond motifs is 2. The minimum Gasteiger partial charge on any atom is -0.454 e. The molecule has 0 saturated heterocycles. The summed E-state index contributed by atoms with van der Waals surface area (Å²) in [6, 6.07) is 12.2. The molecule has 0 atom stereocenters. The standard InChI is InChI=1S/C26H35N5O4.2ClH/c1-18(2)27-9-10-30(16-26(33)29(4)31-14-20-7-5-6-8-21(20)15-31)25(32)13-28-22-12-24-23(11-19(22)3)34-17-35-24;;/h5-8,11-12,18,27-28H,9-10,13-17H2,1-4H3;2*1H. The predicted octanol–water partition coefficient (Wildman–Crippen LogP) is 3.20. The van der Waals surface area contributed by atoms with Crippen molar-refractivity contribution in [3.8, 4) is 11.5 Å². The van der Waals surface area contributed by atoms with Crippen molar-refractivity contribution in [3.05, 3.63) is 53.1 Å². The zero-order valence-corrected chi connectivity index (χ0v) is 23.4. The topological polar surface area (TPSA) is 86.4 Å². The number of carbonyl (C=O) groups is 2. The Morgan fingerprint density at radius 1 is 1.03 bits per heavy atom. The SMILES string of the molecule is Cc1cc2c(cc1NCC(=O)N(CCNC(C)C)CC(=O)N(C)N1Cc3ccccc3C1)OCO2.Cl.Cl. The highest BCUT2D eigenvalue weighted by molar-refractivity contribution is 5.87. The van der Waals surface area contributed by atoms with Gasteiger partial charge < -0.3 is 25.0 Å². The number of carbonyl (C=O) groups excluding carboxylic acids is 2. The number of rotatable bonds is 10. The van der Waals surface area contributed by atoms with Crippen molar-refractivity contribution in [2.45, 2.75) is 39.9 Å². The molecule has 2 aromatic rings. The van der Waals surface area contributed by atoms with E-state index in [9.17, 15) is 9.59 Å². The van der Waals surface area contributed by atoms with Gasteiger partial charge in [0, 0.05) is 51.0 Å². The lowest BCUT2D eigenvalue weighted by molar-refractivity contribution is -0.151. The minimum absolute atomic E-state index is 0. The number of benzene rings is 2. The summed E-state index contributed by atoms with van der Waals surface area (Å²) >= 11 is 0. The van der Waals surface area contributed by atoms with Crippen LogP contribution >= 0.6 is 24.8 Å². The number of nitrogens with zero attached hydrogens (tertiary/aromatic N) is 3. The highest BCUT2D eigenvalue weighted by Gasteiger charge is 2.27. The van der Waals surface area contributed by atoms with Crippen molar-refractivity contribution in [1.29, 1.82) is 0 Å². The number of nitrogens with one attached hydrogen (secondary N) is 2. The quantitative estimate of drug-likeness (QED) is 0.467. The fourth-order valence-electron chi connectivity index (χ4n) is 4.25. The molecule has 0 aliphatic carbocycles. The van der Waals surface area contributed by atoms with Crippen molar-refractivity contribution in [1.82, 2.24) is 20.2 Å². The molecular formula is C26H37Cl2N5O4. The Hall–Kier alpha value is -2.72. The number of hydrazine groups is 1. The molecule has 0 radical (unpaired) electrons. The molecular weight excluding hydrogens is 517 g/mol. The van der Waals surface area contributed by atoms with Crippen LogP contribution in [0.15, 0.2) is 36.4 Å². The number of likely N-dealkylation sites (N-methyl/N-ethyl adjacent to an activating group) is 1. The molecule has 0 unspecified atom stereocenters. The van der Waals surface area contributed by atoms with Crippen molar-refractivity contribution in [3.63, 3.8) is 0 Å². The fourth-order valence-corrected chi connectivity index (χ4v) is 4.25. The van der Waals surface area contributed by atoms with Crippen LogP contribution in [0, 0.1) is 6.92 Å². The molecule has 4 rings (SSSR count). The Balaban J connectivity index is 0.00000241. The van der Waals surface area contributed by atoms with E-state index in [4.69, 9.17) is 9.47 Å². The second kappa shape index (κ2) is 13.7. The summed E-state index contributed by atoms with van der Waals surface area (Å²) in [5.74, 6) is 1.11. The van der Waals surface area contributed by atoms with Gasteiger partial charge in [-0.25, -0.2) is 5.01 Å². The van der Waals surface area contributed by atoms with Crippen LogP contribution < -0.4 is 20.1 Å². The number of hydrogen-bond donors (Lipinski definition) is 2. The van der Waals surface area contributed by atoms with Crippen molar-refractivity contribution >= 4 is 42.3 Å². The van der Waals surface area contributed by atoms with E-state index in [2.05, 4.69) is 36.6 Å². The van der Waals surface area contributed by atoms with Crippen molar-refractivity contribution in [2.24, 2.45) is 0 Å². The highest BCUT2D eigenvalue weighted by Crippen LogP contribution is 2.36. The maximum absolute atomic E-state index is 13.2. The van der Waals surface area contributed by atoms with Crippen LogP contribution in [0.4, 0.5) is 5.69 Å². The first-order chi connectivity index (χ1) is 16.8. The molecule has 2 aromatic carbocycles. The third-order valence-corrected chi connectivity index (χ3v) is 6.37. The van der Waals surface area contributed by atoms with Gasteiger partial charge in [0.1, 0.15) is 6.54 Å². The van der Waals surface area contributed by atoms with E-state index < -0.39 is 0 Å². The average molecular weight is 555 g/mol. The van der Waals surface area contributed by atoms with Gasteiger partial charge in [-0.1, -0.05) is 38.1 Å². The summed E-state index contributed by atoms with van der Waals surface area (Å²) in [5, 5.41) is 10.2. The number of hydrogen-bond acceptors (Lipinski definition) is 7. The Morgan fingerprint density at radius 2 is 1.65 bits per heavy atom. The van der Waals surface area contributed by atoms with Gasteiger partial charge in [0.05, 0.1) is 6.54 Å². The molecule has 0 spiro atoms. The summed E-state index contributed by atoms with van der Waals surface area (Å²) in [5.41, 5.74) is 4.22. The van der Waals surface area contributed by atoms with Crippen LogP contribution in [0.2, 0.25) is 0 Å². The second-order valence-electron chi connectivity index (χ2n) is 9.31. The predicted molar refractivity (Wildman–Crippen MR) is 148 cm³/mol. The zero-order chi connectivity index (χ0) is 24.9. The van der Waals surface area contributed by atoms with Crippen molar-refractivity contribution < 1.29 is 19.1 Å². The monoisotopic (exact) mass is 553 g/mol. The number of ether oxygens (including phenoxy) is 2. The van der Waals surface area contributed by atoms with Gasteiger partial charge in [0.15, 0.2) is 11.5 Å². The third kappa shape index (κ3) is 7.64. The largest absolute Gasteiger partial charge is 0.454 e. The van der Waals surface area contributed by atoms with Crippen molar-refractivity contribution in [2.75, 3.05) is 45.3 Å². The van der Waals surface area contributed by atoms with Gasteiger partial charge in [-0.05, 0) is 29.7 Å². The molecule has 11 heteroatoms. The van der Waals surface area contributed by atoms with Gasteiger partial charge >= 0.3 is 0 Å². The number of amides is 2. The van der Waals surface area contributed by atoms with Gasteiger partial charge in [-0.2, -0.15) is 0 Å². The van der Waals surface area contributed by atoms with Crippen LogP contribution in [0.25, 0.3) is 0 Å². The molecule has 0 aromatic heterocycles. The number of aryl methyl sites for hydroxylation is 1. The summed E-state index contributed by atoms with van der Waals surface area (Å²) < 4.78 is 10.9. The lowest BCUT2D eigenvalue weighted by Crippen LogP contribution is -2.49. The van der Waals surface area contributed by atoms with Crippen LogP contribution in [0.1, 0.15) is 30.5 Å². The Morgan fingerprint density at radius 3 is 2.27 bits per heavy atom.